The normalized spacial score (nSPS) is 13.9. The van der Waals surface area contributed by atoms with Gasteiger partial charge in [0.05, 0.1) is 16.4 Å². The van der Waals surface area contributed by atoms with Gasteiger partial charge in [0.1, 0.15) is 11.5 Å². The Kier molecular flexibility index (Phi) is 8.90. The SMILES string of the molecule is CCc1cc(NC(=O)C2CCCCC2)cc(-c2cnc3n[nH]c(-c4nc5c(-c6cc(F)cc(NCCN(C)C)c6)cccc5[nH]4)c3c2)c1. The molecule has 246 valence electrons. The minimum Gasteiger partial charge on any atom is -0.384 e. The topological polar surface area (TPSA) is 115 Å². The van der Waals surface area contributed by atoms with Crippen LogP contribution in [0.2, 0.25) is 0 Å². The Hall–Kier alpha value is -5.09. The number of amides is 1. The molecule has 3 aromatic heterocycles. The molecule has 0 unspecified atom stereocenters. The molecule has 10 heteroatoms. The Morgan fingerprint density at radius 3 is 2.62 bits per heavy atom. The van der Waals surface area contributed by atoms with Crippen molar-refractivity contribution in [3.8, 4) is 33.8 Å². The lowest BCUT2D eigenvalue weighted by Crippen LogP contribution is -2.24. The number of aromatic amines is 2. The molecule has 0 radical (unpaired) electrons. The van der Waals surface area contributed by atoms with Crippen molar-refractivity contribution in [3.05, 3.63) is 78.2 Å². The number of rotatable bonds is 10. The maximum Gasteiger partial charge on any atom is 0.227 e. The Balaban J connectivity index is 1.22. The summed E-state index contributed by atoms with van der Waals surface area (Å²) in [6, 6.07) is 19.2. The number of likely N-dealkylation sites (N-methyl/N-ethyl adjacent to an activating group) is 1. The van der Waals surface area contributed by atoms with Crippen molar-refractivity contribution in [2.24, 2.45) is 5.92 Å². The van der Waals surface area contributed by atoms with E-state index in [-0.39, 0.29) is 17.6 Å². The highest BCUT2D eigenvalue weighted by Gasteiger charge is 2.22. The molecular weight excluding hydrogens is 603 g/mol. The zero-order valence-corrected chi connectivity index (χ0v) is 27.7. The Morgan fingerprint density at radius 1 is 0.979 bits per heavy atom. The van der Waals surface area contributed by atoms with Gasteiger partial charge in [0.15, 0.2) is 11.5 Å². The molecule has 1 aliphatic rings. The van der Waals surface area contributed by atoms with E-state index in [9.17, 15) is 9.18 Å². The number of carbonyl (C=O) groups is 1. The van der Waals surface area contributed by atoms with E-state index < -0.39 is 0 Å². The number of imidazole rings is 1. The van der Waals surface area contributed by atoms with Gasteiger partial charge in [-0.15, -0.1) is 0 Å². The summed E-state index contributed by atoms with van der Waals surface area (Å²) in [5.74, 6) is 0.493. The van der Waals surface area contributed by atoms with Crippen LogP contribution in [0, 0.1) is 11.7 Å². The van der Waals surface area contributed by atoms with Crippen LogP contribution in [0.25, 0.3) is 55.8 Å². The molecule has 0 saturated heterocycles. The smallest absolute Gasteiger partial charge is 0.227 e. The van der Waals surface area contributed by atoms with E-state index in [1.165, 1.54) is 18.6 Å². The molecule has 1 saturated carbocycles. The molecule has 9 nitrogen and oxygen atoms in total. The first kappa shape index (κ1) is 31.5. The van der Waals surface area contributed by atoms with E-state index in [2.05, 4.69) is 60.8 Å². The van der Waals surface area contributed by atoms with E-state index in [4.69, 9.17) is 4.98 Å². The van der Waals surface area contributed by atoms with Gasteiger partial charge in [0, 0.05) is 47.7 Å². The van der Waals surface area contributed by atoms with Crippen molar-refractivity contribution >= 4 is 39.3 Å². The number of benzene rings is 3. The molecule has 3 aromatic carbocycles. The number of nitrogens with one attached hydrogen (secondary N) is 4. The summed E-state index contributed by atoms with van der Waals surface area (Å²) in [5.41, 5.74) is 8.98. The fourth-order valence-electron chi connectivity index (χ4n) is 6.64. The monoisotopic (exact) mass is 644 g/mol. The third-order valence-electron chi connectivity index (χ3n) is 9.23. The molecule has 1 amide bonds. The van der Waals surface area contributed by atoms with Gasteiger partial charge < -0.3 is 20.5 Å². The molecule has 0 atom stereocenters. The molecule has 4 N–H and O–H groups in total. The summed E-state index contributed by atoms with van der Waals surface area (Å²) >= 11 is 0. The van der Waals surface area contributed by atoms with E-state index >= 15 is 0 Å². The molecule has 0 spiro atoms. The van der Waals surface area contributed by atoms with Gasteiger partial charge in [-0.25, -0.2) is 14.4 Å². The number of carbonyl (C=O) groups excluding carboxylic acids is 1. The average Bonchev–Trinajstić information content (AvgIpc) is 3.72. The van der Waals surface area contributed by atoms with Crippen LogP contribution >= 0.6 is 0 Å². The number of anilines is 2. The van der Waals surface area contributed by atoms with Gasteiger partial charge in [0.25, 0.3) is 0 Å². The predicted octanol–water partition coefficient (Wildman–Crippen LogP) is 8.03. The lowest BCUT2D eigenvalue weighted by molar-refractivity contribution is -0.120. The van der Waals surface area contributed by atoms with Gasteiger partial charge in [-0.2, -0.15) is 5.10 Å². The van der Waals surface area contributed by atoms with E-state index in [0.717, 1.165) is 94.3 Å². The van der Waals surface area contributed by atoms with Gasteiger partial charge >= 0.3 is 0 Å². The Labute approximate surface area is 279 Å². The molecule has 48 heavy (non-hydrogen) atoms. The zero-order valence-electron chi connectivity index (χ0n) is 27.7. The minimum atomic E-state index is -0.311. The van der Waals surface area contributed by atoms with Crippen LogP contribution in [0.1, 0.15) is 44.6 Å². The molecule has 1 fully saturated rings. The second-order valence-electron chi connectivity index (χ2n) is 13.0. The maximum atomic E-state index is 14.8. The first-order valence-corrected chi connectivity index (χ1v) is 16.8. The summed E-state index contributed by atoms with van der Waals surface area (Å²) < 4.78 is 14.8. The predicted molar refractivity (Wildman–Crippen MR) is 191 cm³/mol. The van der Waals surface area contributed by atoms with Crippen molar-refractivity contribution in [1.82, 2.24) is 30.0 Å². The van der Waals surface area contributed by atoms with Crippen molar-refractivity contribution in [2.75, 3.05) is 37.8 Å². The van der Waals surface area contributed by atoms with Gasteiger partial charge in [-0.05, 0) is 92.5 Å². The molecule has 0 bridgehead atoms. The number of halogens is 1. The Morgan fingerprint density at radius 2 is 1.81 bits per heavy atom. The highest BCUT2D eigenvalue weighted by atomic mass is 19.1. The minimum absolute atomic E-state index is 0.0797. The number of hydrogen-bond acceptors (Lipinski definition) is 6. The fourth-order valence-corrected chi connectivity index (χ4v) is 6.64. The maximum absolute atomic E-state index is 14.8. The number of H-pyrrole nitrogens is 2. The first-order chi connectivity index (χ1) is 23.3. The number of pyridine rings is 1. The number of para-hydroxylation sites is 1. The highest BCUT2D eigenvalue weighted by molar-refractivity contribution is 5.98. The number of aryl methyl sites for hydroxylation is 1. The van der Waals surface area contributed by atoms with E-state index in [1.54, 1.807) is 0 Å². The van der Waals surface area contributed by atoms with Crippen LogP contribution in [0.15, 0.2) is 66.9 Å². The van der Waals surface area contributed by atoms with Crippen LogP contribution in [0.5, 0.6) is 0 Å². The van der Waals surface area contributed by atoms with Crippen molar-refractivity contribution in [2.45, 2.75) is 45.4 Å². The average molecular weight is 645 g/mol. The lowest BCUT2D eigenvalue weighted by Gasteiger charge is -2.21. The van der Waals surface area contributed by atoms with E-state index in [0.29, 0.717) is 23.7 Å². The number of aromatic nitrogens is 5. The molecule has 7 rings (SSSR count). The first-order valence-electron chi connectivity index (χ1n) is 16.8. The molecule has 1 aliphatic carbocycles. The number of hydrogen-bond donors (Lipinski definition) is 4. The van der Waals surface area contributed by atoms with Gasteiger partial charge in [-0.3, -0.25) is 9.89 Å². The molecule has 6 aromatic rings. The molecule has 0 aliphatic heterocycles. The van der Waals surface area contributed by atoms with Crippen molar-refractivity contribution < 1.29 is 9.18 Å². The second-order valence-corrected chi connectivity index (χ2v) is 13.0. The zero-order chi connectivity index (χ0) is 33.2. The quantitative estimate of drug-likeness (QED) is 0.120. The third-order valence-corrected chi connectivity index (χ3v) is 9.23. The Bertz CT molecular complexity index is 2090. The summed E-state index contributed by atoms with van der Waals surface area (Å²) in [6.45, 7) is 3.65. The van der Waals surface area contributed by atoms with Gasteiger partial charge in [-0.1, -0.05) is 44.4 Å². The lowest BCUT2D eigenvalue weighted by atomic mass is 9.88. The van der Waals surface area contributed by atoms with Crippen molar-refractivity contribution in [3.63, 3.8) is 0 Å². The molecule has 3 heterocycles. The highest BCUT2D eigenvalue weighted by Crippen LogP contribution is 2.35. The summed E-state index contributed by atoms with van der Waals surface area (Å²) in [5, 5.41) is 15.0. The summed E-state index contributed by atoms with van der Waals surface area (Å²) in [4.78, 5) is 28.3. The van der Waals surface area contributed by atoms with Crippen LogP contribution in [-0.4, -0.2) is 63.1 Å². The standard InChI is InChI=1S/C38H41FN8O/c1-4-23-15-25(18-30(16-23)42-38(48)24-9-6-5-7-10-24)27-20-32-35(45-46-36(32)41-22-27)37-43-33-12-8-11-31(34(33)44-37)26-17-28(39)21-29(19-26)40-13-14-47(2)3/h8,11-12,15-22,24,40H,4-7,9-10,13-14H2,1-3H3,(H,42,48)(H,43,44)(H,41,45,46). The summed E-state index contributed by atoms with van der Waals surface area (Å²) in [6.07, 6.45) is 8.01. The summed E-state index contributed by atoms with van der Waals surface area (Å²) in [7, 11) is 4.02. The van der Waals surface area contributed by atoms with E-state index in [1.807, 2.05) is 50.6 Å². The molecular formula is C38H41FN8O. The largest absolute Gasteiger partial charge is 0.384 e. The third kappa shape index (κ3) is 6.66. The van der Waals surface area contributed by atoms with Crippen molar-refractivity contribution in [1.29, 1.82) is 0 Å². The number of nitrogens with zero attached hydrogens (tertiary/aromatic N) is 4. The second kappa shape index (κ2) is 13.6. The number of fused-ring (bicyclic) bond motifs is 2. The van der Waals surface area contributed by atoms with Crippen LogP contribution in [0.3, 0.4) is 0 Å². The van der Waals surface area contributed by atoms with Crippen LogP contribution in [-0.2, 0) is 11.2 Å². The van der Waals surface area contributed by atoms with Crippen LogP contribution in [0.4, 0.5) is 15.8 Å². The van der Waals surface area contributed by atoms with Gasteiger partial charge in [0.2, 0.25) is 5.91 Å². The van der Waals surface area contributed by atoms with Crippen LogP contribution < -0.4 is 10.6 Å². The fraction of sp³-hybridized carbons (Fsp3) is 0.316.